The molecule has 0 aliphatic carbocycles. The molecule has 0 aliphatic rings. The van der Waals surface area contributed by atoms with Gasteiger partial charge in [-0.05, 0) is 43.4 Å². The van der Waals surface area contributed by atoms with E-state index in [-0.39, 0.29) is 23.8 Å². The fourth-order valence-corrected chi connectivity index (χ4v) is 5.08. The van der Waals surface area contributed by atoms with Gasteiger partial charge >= 0.3 is 6.09 Å². The van der Waals surface area contributed by atoms with Crippen molar-refractivity contribution in [3.63, 3.8) is 0 Å². The van der Waals surface area contributed by atoms with E-state index in [9.17, 15) is 14.1 Å². The Kier molecular flexibility index (Phi) is 8.65. The van der Waals surface area contributed by atoms with Gasteiger partial charge in [-0.25, -0.2) is 4.79 Å². The summed E-state index contributed by atoms with van der Waals surface area (Å²) in [6, 6.07) is 16.8. The minimum Gasteiger partial charge on any atom is -0.465 e. The van der Waals surface area contributed by atoms with E-state index in [0.29, 0.717) is 12.8 Å². The number of allylic oxidation sites excluding steroid dienone is 1. The molecule has 0 saturated carbocycles. The van der Waals surface area contributed by atoms with Crippen molar-refractivity contribution in [2.45, 2.75) is 56.3 Å². The van der Waals surface area contributed by atoms with Gasteiger partial charge in [-0.2, -0.15) is 0 Å². The quantitative estimate of drug-likeness (QED) is 0.513. The zero-order valence-corrected chi connectivity index (χ0v) is 18.3. The summed E-state index contributed by atoms with van der Waals surface area (Å²) in [5, 5.41) is 9.66. The number of hydrogen-bond donors (Lipinski definition) is 1. The van der Waals surface area contributed by atoms with Crippen LogP contribution in [0.1, 0.15) is 37.8 Å². The van der Waals surface area contributed by atoms with Gasteiger partial charge in [0.25, 0.3) is 0 Å². The van der Waals surface area contributed by atoms with Crippen LogP contribution in [-0.2, 0) is 17.3 Å². The summed E-state index contributed by atoms with van der Waals surface area (Å²) in [6.07, 6.45) is 1.87. The molecule has 0 spiro atoms. The molecule has 4 nitrogen and oxygen atoms in total. The number of nitrogens with zero attached hydrogens (tertiary/aromatic N) is 1. The third-order valence-corrected chi connectivity index (χ3v) is 6.70. The molecule has 1 amide bonds. The maximum atomic E-state index is 13.5. The SMILES string of the molecule is C=CC[C@@H]([C@H](CC(C)C)N(Cc1ccccc1)C(=O)O)[S@](=O)c1ccc(C)cc1. The molecule has 0 aromatic heterocycles. The highest BCUT2D eigenvalue weighted by Gasteiger charge is 2.35. The van der Waals surface area contributed by atoms with Crippen LogP contribution < -0.4 is 0 Å². The molecule has 2 aromatic rings. The fourth-order valence-electron chi connectivity index (χ4n) is 3.47. The summed E-state index contributed by atoms with van der Waals surface area (Å²) < 4.78 is 13.5. The third kappa shape index (κ3) is 6.57. The second kappa shape index (κ2) is 11.0. The molecule has 156 valence electrons. The van der Waals surface area contributed by atoms with Crippen LogP contribution in [0.4, 0.5) is 4.79 Å². The van der Waals surface area contributed by atoms with Gasteiger partial charge in [0.2, 0.25) is 0 Å². The first kappa shape index (κ1) is 22.9. The number of carboxylic acid groups (broad SMARTS) is 1. The molecule has 0 aliphatic heterocycles. The van der Waals surface area contributed by atoms with Crippen LogP contribution in [0.25, 0.3) is 0 Å². The Labute approximate surface area is 176 Å². The summed E-state index contributed by atoms with van der Waals surface area (Å²) in [5.41, 5.74) is 2.02. The lowest BCUT2D eigenvalue weighted by molar-refractivity contribution is 0.111. The molecular formula is C24H31NO3S. The number of amides is 1. The smallest absolute Gasteiger partial charge is 0.407 e. The summed E-state index contributed by atoms with van der Waals surface area (Å²) in [7, 11) is -1.35. The minimum atomic E-state index is -1.35. The van der Waals surface area contributed by atoms with Crippen molar-refractivity contribution >= 4 is 16.9 Å². The van der Waals surface area contributed by atoms with Crippen LogP contribution in [0.3, 0.4) is 0 Å². The van der Waals surface area contributed by atoms with Crippen LogP contribution in [0.15, 0.2) is 72.1 Å². The zero-order valence-electron chi connectivity index (χ0n) is 17.5. The Morgan fingerprint density at radius 1 is 1.14 bits per heavy atom. The minimum absolute atomic E-state index is 0.264. The van der Waals surface area contributed by atoms with E-state index >= 15 is 0 Å². The number of benzene rings is 2. The van der Waals surface area contributed by atoms with Crippen LogP contribution in [0.2, 0.25) is 0 Å². The number of rotatable bonds is 10. The lowest BCUT2D eigenvalue weighted by Gasteiger charge is -2.36. The predicted octanol–water partition coefficient (Wildman–Crippen LogP) is 5.64. The molecule has 2 rings (SSSR count). The molecule has 0 radical (unpaired) electrons. The second-order valence-corrected chi connectivity index (χ2v) is 9.44. The molecule has 0 heterocycles. The van der Waals surface area contributed by atoms with Crippen molar-refractivity contribution in [1.29, 1.82) is 0 Å². The molecule has 0 bridgehead atoms. The Balaban J connectivity index is 2.42. The molecule has 3 atom stereocenters. The monoisotopic (exact) mass is 413 g/mol. The first-order chi connectivity index (χ1) is 13.8. The molecule has 0 saturated heterocycles. The van der Waals surface area contributed by atoms with E-state index in [1.807, 2.05) is 61.5 Å². The number of carbonyl (C=O) groups is 1. The Hall–Kier alpha value is -2.40. The maximum Gasteiger partial charge on any atom is 0.407 e. The summed E-state index contributed by atoms with van der Waals surface area (Å²) in [6.45, 7) is 10.2. The van der Waals surface area contributed by atoms with Crippen molar-refractivity contribution in [3.8, 4) is 0 Å². The van der Waals surface area contributed by atoms with Gasteiger partial charge in [-0.1, -0.05) is 68.0 Å². The van der Waals surface area contributed by atoms with Gasteiger partial charge in [0.05, 0.1) is 22.1 Å². The summed E-state index contributed by atoms with van der Waals surface area (Å²) in [4.78, 5) is 14.4. The fraction of sp³-hybridized carbons (Fsp3) is 0.375. The van der Waals surface area contributed by atoms with E-state index in [4.69, 9.17) is 0 Å². The van der Waals surface area contributed by atoms with Crippen molar-refractivity contribution in [1.82, 2.24) is 4.90 Å². The van der Waals surface area contributed by atoms with E-state index in [1.165, 1.54) is 4.90 Å². The van der Waals surface area contributed by atoms with E-state index < -0.39 is 16.9 Å². The molecule has 1 N–H and O–H groups in total. The van der Waals surface area contributed by atoms with E-state index in [2.05, 4.69) is 20.4 Å². The normalized spacial score (nSPS) is 14.2. The molecule has 0 unspecified atom stereocenters. The van der Waals surface area contributed by atoms with Gasteiger partial charge in [-0.3, -0.25) is 9.11 Å². The lowest BCUT2D eigenvalue weighted by atomic mass is 9.97. The summed E-state index contributed by atoms with van der Waals surface area (Å²) in [5.74, 6) is 0.264. The Morgan fingerprint density at radius 2 is 1.76 bits per heavy atom. The highest BCUT2D eigenvalue weighted by atomic mass is 32.2. The van der Waals surface area contributed by atoms with Crippen LogP contribution in [0.5, 0.6) is 0 Å². The Morgan fingerprint density at radius 3 is 2.28 bits per heavy atom. The highest BCUT2D eigenvalue weighted by Crippen LogP contribution is 2.27. The molecule has 5 heteroatoms. The van der Waals surface area contributed by atoms with Crippen molar-refractivity contribution < 1.29 is 14.1 Å². The van der Waals surface area contributed by atoms with Crippen LogP contribution in [-0.4, -0.2) is 31.6 Å². The molecule has 0 fully saturated rings. The molecule has 2 aromatic carbocycles. The standard InChI is InChI=1S/C24H31NO3S/c1-5-9-23(29(28)21-14-12-19(4)13-15-21)22(16-18(2)3)25(24(26)27)17-20-10-7-6-8-11-20/h5-8,10-15,18,22-23H,1,9,16-17H2,2-4H3,(H,26,27)/t22-,23-,29+/m0/s1. The van der Waals surface area contributed by atoms with Gasteiger partial charge in [-0.15, -0.1) is 6.58 Å². The Bertz CT molecular complexity index is 818. The van der Waals surface area contributed by atoms with Crippen molar-refractivity contribution in [3.05, 3.63) is 78.4 Å². The van der Waals surface area contributed by atoms with E-state index in [1.54, 1.807) is 6.08 Å². The van der Waals surface area contributed by atoms with Gasteiger partial charge in [0.1, 0.15) is 0 Å². The first-order valence-electron chi connectivity index (χ1n) is 9.95. The third-order valence-electron chi connectivity index (χ3n) is 4.91. The average molecular weight is 414 g/mol. The second-order valence-electron chi connectivity index (χ2n) is 7.77. The molecular weight excluding hydrogens is 382 g/mol. The van der Waals surface area contributed by atoms with Gasteiger partial charge in [0, 0.05) is 11.4 Å². The first-order valence-corrected chi connectivity index (χ1v) is 11.2. The average Bonchev–Trinajstić information content (AvgIpc) is 2.69. The number of aryl methyl sites for hydroxylation is 1. The zero-order chi connectivity index (χ0) is 21.4. The van der Waals surface area contributed by atoms with Crippen molar-refractivity contribution in [2.75, 3.05) is 0 Å². The van der Waals surface area contributed by atoms with E-state index in [0.717, 1.165) is 16.0 Å². The van der Waals surface area contributed by atoms with Crippen molar-refractivity contribution in [2.24, 2.45) is 5.92 Å². The van der Waals surface area contributed by atoms with Crippen LogP contribution in [0, 0.1) is 12.8 Å². The number of hydrogen-bond acceptors (Lipinski definition) is 2. The maximum absolute atomic E-state index is 13.5. The highest BCUT2D eigenvalue weighted by molar-refractivity contribution is 7.85. The summed E-state index contributed by atoms with van der Waals surface area (Å²) >= 11 is 0. The molecule has 29 heavy (non-hydrogen) atoms. The predicted molar refractivity (Wildman–Crippen MR) is 119 cm³/mol. The topological polar surface area (TPSA) is 57.6 Å². The van der Waals surface area contributed by atoms with Gasteiger partial charge < -0.3 is 5.11 Å². The largest absolute Gasteiger partial charge is 0.465 e. The van der Waals surface area contributed by atoms with Gasteiger partial charge in [0.15, 0.2) is 0 Å². The lowest BCUT2D eigenvalue weighted by Crippen LogP contribution is -2.48. The van der Waals surface area contributed by atoms with Crippen LogP contribution >= 0.6 is 0 Å².